The summed E-state index contributed by atoms with van der Waals surface area (Å²) in [6, 6.07) is 14.2. The Morgan fingerprint density at radius 1 is 0.750 bits per heavy atom. The third-order valence-electron chi connectivity index (χ3n) is 9.91. The second kappa shape index (κ2) is 15.7. The fourth-order valence-electron chi connectivity index (χ4n) is 7.18. The molecule has 2 saturated carbocycles. The average molecular weight is 663 g/mol. The second-order valence-electron chi connectivity index (χ2n) is 12.7. The Balaban J connectivity index is 0.000000188. The standard InChI is InChI=1S/C18H22N2O5.C18H24N2O3/c1-12-14(11-13-7-3-4-8-15(13)20(22)23)18(21)25-19(12)16-9-5-6-10-17(16)24-2;1-12-14(11-13-7-3-4-8-15(13)19)18(21)23-20(12)16-9-5-6-10-17(16)22-2/h3-4,7-8,16-17H,5-6,9-11H2,1-2H3;3-4,7-8,16-17H,5-6,9-11,19H2,1-2H3. The van der Waals surface area contributed by atoms with Gasteiger partial charge in [0.2, 0.25) is 0 Å². The summed E-state index contributed by atoms with van der Waals surface area (Å²) in [7, 11) is 3.40. The maximum absolute atomic E-state index is 12.4. The van der Waals surface area contributed by atoms with E-state index in [4.69, 9.17) is 24.3 Å². The number of para-hydroxylation sites is 2. The number of benzene rings is 2. The van der Waals surface area contributed by atoms with E-state index in [1.165, 1.54) is 6.07 Å². The van der Waals surface area contributed by atoms with E-state index in [0.29, 0.717) is 28.8 Å². The molecule has 6 rings (SSSR count). The Labute approximate surface area is 279 Å². The zero-order valence-electron chi connectivity index (χ0n) is 28.2. The molecule has 0 saturated heterocycles. The normalized spacial score (nSPS) is 21.0. The highest BCUT2D eigenvalue weighted by molar-refractivity contribution is 5.48. The van der Waals surface area contributed by atoms with E-state index in [2.05, 4.69) is 0 Å². The Morgan fingerprint density at radius 2 is 1.19 bits per heavy atom. The van der Waals surface area contributed by atoms with E-state index in [0.717, 1.165) is 68.3 Å². The van der Waals surface area contributed by atoms with Gasteiger partial charge in [-0.05, 0) is 51.2 Å². The van der Waals surface area contributed by atoms with Crippen LogP contribution in [-0.4, -0.2) is 40.8 Å². The molecule has 4 unspecified atom stereocenters. The van der Waals surface area contributed by atoms with Crippen LogP contribution in [0, 0.1) is 24.0 Å². The summed E-state index contributed by atoms with van der Waals surface area (Å²) >= 11 is 0. The Kier molecular flexibility index (Phi) is 11.4. The van der Waals surface area contributed by atoms with Crippen LogP contribution in [0.1, 0.15) is 97.1 Å². The van der Waals surface area contributed by atoms with Gasteiger partial charge < -0.3 is 24.3 Å². The van der Waals surface area contributed by atoms with Crippen LogP contribution in [0.2, 0.25) is 0 Å². The van der Waals surface area contributed by atoms with Crippen LogP contribution >= 0.6 is 0 Å². The fourth-order valence-corrected chi connectivity index (χ4v) is 7.18. The van der Waals surface area contributed by atoms with E-state index in [-0.39, 0.29) is 42.0 Å². The molecule has 2 N–H and O–H groups in total. The van der Waals surface area contributed by atoms with Gasteiger partial charge >= 0.3 is 11.3 Å². The van der Waals surface area contributed by atoms with E-state index in [1.54, 1.807) is 41.9 Å². The molecule has 2 aromatic carbocycles. The van der Waals surface area contributed by atoms with Crippen molar-refractivity contribution in [3.63, 3.8) is 0 Å². The second-order valence-corrected chi connectivity index (χ2v) is 12.7. The van der Waals surface area contributed by atoms with Crippen molar-refractivity contribution in [1.82, 2.24) is 9.48 Å². The first kappa shape index (κ1) is 34.9. The molecule has 4 atom stereocenters. The number of nitro groups is 1. The lowest BCUT2D eigenvalue weighted by atomic mass is 9.92. The zero-order chi connectivity index (χ0) is 34.4. The van der Waals surface area contributed by atoms with Crippen molar-refractivity contribution in [2.24, 2.45) is 0 Å². The number of hydrogen-bond donors (Lipinski definition) is 1. The number of aromatic nitrogens is 2. The maximum Gasteiger partial charge on any atom is 0.361 e. The first-order chi connectivity index (χ1) is 23.1. The topological polar surface area (TPSA) is 158 Å². The number of methoxy groups -OCH3 is 2. The van der Waals surface area contributed by atoms with Crippen molar-refractivity contribution in [3.05, 3.63) is 113 Å². The SMILES string of the molecule is COC1CCCCC1n1oc(=O)c(Cc2ccccc2N)c1C.COC1CCCCC1n1oc(=O)c(Cc2ccccc2[N+](=O)[O-])c1C. The molecule has 2 heterocycles. The molecule has 4 aromatic rings. The first-order valence-corrected chi connectivity index (χ1v) is 16.7. The monoisotopic (exact) mass is 662 g/mol. The van der Waals surface area contributed by atoms with E-state index in [9.17, 15) is 19.7 Å². The summed E-state index contributed by atoms with van der Waals surface area (Å²) in [6.45, 7) is 3.77. The highest BCUT2D eigenvalue weighted by Crippen LogP contribution is 2.34. The molecule has 0 radical (unpaired) electrons. The van der Waals surface area contributed by atoms with Crippen LogP contribution in [-0.2, 0) is 22.3 Å². The molecule has 2 aliphatic carbocycles. The molecule has 48 heavy (non-hydrogen) atoms. The van der Waals surface area contributed by atoms with E-state index >= 15 is 0 Å². The minimum Gasteiger partial charge on any atom is -0.398 e. The number of nitrogens with two attached hydrogens (primary N) is 1. The summed E-state index contributed by atoms with van der Waals surface area (Å²) < 4.78 is 25.6. The Morgan fingerprint density at radius 3 is 1.67 bits per heavy atom. The molecule has 2 fully saturated rings. The van der Waals surface area contributed by atoms with Gasteiger partial charge in [0.25, 0.3) is 5.69 Å². The van der Waals surface area contributed by atoms with Crippen LogP contribution < -0.4 is 17.0 Å². The highest BCUT2D eigenvalue weighted by Gasteiger charge is 2.32. The molecule has 258 valence electrons. The van der Waals surface area contributed by atoms with Crippen molar-refractivity contribution >= 4 is 11.4 Å². The highest BCUT2D eigenvalue weighted by atomic mass is 16.6. The molecule has 0 aliphatic heterocycles. The summed E-state index contributed by atoms with van der Waals surface area (Å²) in [4.78, 5) is 35.5. The number of anilines is 1. The predicted molar refractivity (Wildman–Crippen MR) is 182 cm³/mol. The van der Waals surface area contributed by atoms with Crippen LogP contribution in [0.15, 0.2) is 67.2 Å². The lowest BCUT2D eigenvalue weighted by molar-refractivity contribution is -0.385. The summed E-state index contributed by atoms with van der Waals surface area (Å²) in [6.07, 6.45) is 9.06. The van der Waals surface area contributed by atoms with Gasteiger partial charge in [0.05, 0.1) is 51.7 Å². The molecule has 2 aliphatic rings. The average Bonchev–Trinajstić information content (AvgIpc) is 3.54. The number of hydrogen-bond acceptors (Lipinski definition) is 9. The van der Waals surface area contributed by atoms with Crippen molar-refractivity contribution < 1.29 is 23.4 Å². The minimum atomic E-state index is -0.434. The molecule has 12 heteroatoms. The largest absolute Gasteiger partial charge is 0.398 e. The van der Waals surface area contributed by atoms with Gasteiger partial charge in [-0.15, -0.1) is 0 Å². The smallest absolute Gasteiger partial charge is 0.361 e. The number of ether oxygens (including phenoxy) is 2. The van der Waals surface area contributed by atoms with Gasteiger partial charge in [0.1, 0.15) is 0 Å². The summed E-state index contributed by atoms with van der Waals surface area (Å²) in [5.41, 5.74) is 10.2. The maximum atomic E-state index is 12.4. The fraction of sp³-hybridized carbons (Fsp3) is 0.500. The summed E-state index contributed by atoms with van der Waals surface area (Å²) in [5, 5.41) is 11.2. The van der Waals surface area contributed by atoms with Crippen LogP contribution in [0.3, 0.4) is 0 Å². The van der Waals surface area contributed by atoms with E-state index in [1.807, 2.05) is 38.1 Å². The minimum absolute atomic E-state index is 0.00837. The lowest BCUT2D eigenvalue weighted by Gasteiger charge is -2.30. The molecular formula is C36H46N4O8. The molecule has 0 amide bonds. The van der Waals surface area contributed by atoms with Crippen molar-refractivity contribution in [3.8, 4) is 0 Å². The number of rotatable bonds is 9. The quantitative estimate of drug-likeness (QED) is 0.121. The van der Waals surface area contributed by atoms with Crippen LogP contribution in [0.5, 0.6) is 0 Å². The number of nitro benzene ring substituents is 1. The van der Waals surface area contributed by atoms with Gasteiger partial charge in [-0.3, -0.25) is 10.1 Å². The third-order valence-corrected chi connectivity index (χ3v) is 9.91. The van der Waals surface area contributed by atoms with Crippen molar-refractivity contribution in [2.75, 3.05) is 20.0 Å². The van der Waals surface area contributed by atoms with Gasteiger partial charge in [-0.2, -0.15) is 0 Å². The van der Waals surface area contributed by atoms with E-state index < -0.39 is 10.5 Å². The van der Waals surface area contributed by atoms with Crippen LogP contribution in [0.4, 0.5) is 11.4 Å². The van der Waals surface area contributed by atoms with Crippen molar-refractivity contribution in [1.29, 1.82) is 0 Å². The number of nitrogen functional groups attached to an aromatic ring is 1. The third kappa shape index (κ3) is 7.50. The lowest BCUT2D eigenvalue weighted by Crippen LogP contribution is -2.29. The zero-order valence-corrected chi connectivity index (χ0v) is 28.2. The first-order valence-electron chi connectivity index (χ1n) is 16.7. The molecule has 0 bridgehead atoms. The predicted octanol–water partition coefficient (Wildman–Crippen LogP) is 6.43. The summed E-state index contributed by atoms with van der Waals surface area (Å²) in [5.74, 6) is 0. The molecule has 2 aromatic heterocycles. The Bertz CT molecular complexity index is 1820. The van der Waals surface area contributed by atoms with Gasteiger partial charge in [-0.25, -0.2) is 19.1 Å². The molecule has 0 spiro atoms. The van der Waals surface area contributed by atoms with Gasteiger partial charge in [0.15, 0.2) is 0 Å². The number of nitrogens with zero attached hydrogens (tertiary/aromatic N) is 3. The van der Waals surface area contributed by atoms with Crippen molar-refractivity contribution in [2.45, 2.75) is 102 Å². The van der Waals surface area contributed by atoms with Gasteiger partial charge in [-0.1, -0.05) is 62.1 Å². The van der Waals surface area contributed by atoms with Gasteiger partial charge in [0, 0.05) is 44.4 Å². The molecule has 12 nitrogen and oxygen atoms in total. The molecular weight excluding hydrogens is 616 g/mol. The van der Waals surface area contributed by atoms with Crippen LogP contribution in [0.25, 0.3) is 0 Å². The Hall–Kier alpha value is -4.42.